The summed E-state index contributed by atoms with van der Waals surface area (Å²) in [6, 6.07) is 10.6. The number of esters is 1. The minimum Gasteiger partial charge on any atom is -0.467 e. The molecule has 0 aliphatic carbocycles. The molecule has 8 heteroatoms. The van der Waals surface area contributed by atoms with Crippen molar-refractivity contribution in [3.8, 4) is 0 Å². The van der Waals surface area contributed by atoms with E-state index < -0.39 is 23.9 Å². The fraction of sp³-hybridized carbons (Fsp3) is 0.235. The molecule has 0 radical (unpaired) electrons. The van der Waals surface area contributed by atoms with E-state index in [0.717, 1.165) is 0 Å². The molecule has 3 N–H and O–H groups in total. The van der Waals surface area contributed by atoms with Gasteiger partial charge in [-0.15, -0.1) is 0 Å². The van der Waals surface area contributed by atoms with Crippen LogP contribution in [0.25, 0.3) is 0 Å². The molecule has 3 amide bonds. The van der Waals surface area contributed by atoms with Crippen molar-refractivity contribution >= 4 is 17.9 Å². The van der Waals surface area contributed by atoms with Crippen molar-refractivity contribution in [2.24, 2.45) is 0 Å². The van der Waals surface area contributed by atoms with Crippen LogP contribution >= 0.6 is 0 Å². The van der Waals surface area contributed by atoms with Crippen molar-refractivity contribution in [2.75, 3.05) is 13.7 Å². The predicted molar refractivity (Wildman–Crippen MR) is 88.3 cm³/mol. The fourth-order valence-corrected chi connectivity index (χ4v) is 2.06. The minimum atomic E-state index is -0.938. The molecule has 1 aromatic heterocycles. The quantitative estimate of drug-likeness (QED) is 0.651. The van der Waals surface area contributed by atoms with Crippen LogP contribution < -0.4 is 16.0 Å². The third kappa shape index (κ3) is 5.69. The van der Waals surface area contributed by atoms with Gasteiger partial charge in [-0.2, -0.15) is 0 Å². The van der Waals surface area contributed by atoms with Gasteiger partial charge >= 0.3 is 12.0 Å². The molecule has 1 heterocycles. The molecule has 1 aromatic carbocycles. The Morgan fingerprint density at radius 1 is 1.08 bits per heavy atom. The summed E-state index contributed by atoms with van der Waals surface area (Å²) in [5, 5.41) is 7.48. The summed E-state index contributed by atoms with van der Waals surface area (Å²) in [5.74, 6) is -0.524. The lowest BCUT2D eigenvalue weighted by Gasteiger charge is -2.17. The van der Waals surface area contributed by atoms with E-state index in [1.807, 2.05) is 0 Å². The number of ether oxygens (including phenoxy) is 1. The van der Waals surface area contributed by atoms with Gasteiger partial charge in [-0.1, -0.05) is 30.3 Å². The first-order chi connectivity index (χ1) is 12.1. The number of hydrogen-bond acceptors (Lipinski definition) is 5. The number of nitrogens with one attached hydrogen (secondary N) is 3. The van der Waals surface area contributed by atoms with Crippen LogP contribution in [0, 0.1) is 0 Å². The van der Waals surface area contributed by atoms with Crippen molar-refractivity contribution < 1.29 is 23.5 Å². The molecule has 2 aromatic rings. The van der Waals surface area contributed by atoms with E-state index in [9.17, 15) is 14.4 Å². The van der Waals surface area contributed by atoms with Crippen molar-refractivity contribution in [2.45, 2.75) is 12.6 Å². The second kappa shape index (κ2) is 9.11. The van der Waals surface area contributed by atoms with Crippen LogP contribution in [-0.2, 0) is 20.9 Å². The van der Waals surface area contributed by atoms with Gasteiger partial charge in [0.2, 0.25) is 5.91 Å². The largest absolute Gasteiger partial charge is 0.467 e. The van der Waals surface area contributed by atoms with E-state index >= 15 is 0 Å². The summed E-state index contributed by atoms with van der Waals surface area (Å²) >= 11 is 0. The molecule has 0 aliphatic heterocycles. The molecule has 0 bridgehead atoms. The number of benzene rings is 1. The molecule has 0 saturated carbocycles. The first-order valence-corrected chi connectivity index (χ1v) is 7.56. The van der Waals surface area contributed by atoms with Crippen LogP contribution in [0.2, 0.25) is 0 Å². The molecule has 0 aliphatic rings. The van der Waals surface area contributed by atoms with Gasteiger partial charge < -0.3 is 25.1 Å². The Morgan fingerprint density at radius 3 is 2.48 bits per heavy atom. The van der Waals surface area contributed by atoms with Gasteiger partial charge in [0.15, 0.2) is 6.04 Å². The molecule has 1 unspecified atom stereocenters. The third-order valence-corrected chi connectivity index (χ3v) is 3.29. The molecule has 0 spiro atoms. The van der Waals surface area contributed by atoms with E-state index in [2.05, 4.69) is 16.0 Å². The number of rotatable bonds is 7. The Bertz CT molecular complexity index is 700. The van der Waals surface area contributed by atoms with Crippen molar-refractivity contribution in [1.29, 1.82) is 0 Å². The number of urea groups is 1. The monoisotopic (exact) mass is 345 g/mol. The van der Waals surface area contributed by atoms with Gasteiger partial charge in [-0.3, -0.25) is 4.79 Å². The highest BCUT2D eigenvalue weighted by molar-refractivity contribution is 5.88. The summed E-state index contributed by atoms with van der Waals surface area (Å²) in [5.41, 5.74) is 0.588. The summed E-state index contributed by atoms with van der Waals surface area (Å²) < 4.78 is 9.79. The van der Waals surface area contributed by atoms with Crippen molar-refractivity contribution in [3.05, 3.63) is 60.1 Å². The molecule has 2 rings (SSSR count). The Hall–Kier alpha value is -3.29. The second-order valence-electron chi connectivity index (χ2n) is 5.05. The van der Waals surface area contributed by atoms with Crippen molar-refractivity contribution in [3.63, 3.8) is 0 Å². The first-order valence-electron chi connectivity index (χ1n) is 7.56. The summed E-state index contributed by atoms with van der Waals surface area (Å²) in [6.45, 7) is -0.0838. The molecule has 132 valence electrons. The Kier molecular flexibility index (Phi) is 6.58. The van der Waals surface area contributed by atoms with Crippen LogP contribution in [0.3, 0.4) is 0 Å². The standard InChI is InChI=1S/C17H19N3O5/c1-24-16(22)15(12-6-3-2-4-7-12)20-14(21)11-19-17(23)18-10-13-8-5-9-25-13/h2-9,15H,10-11H2,1H3,(H,20,21)(H2,18,19,23). The van der Waals surface area contributed by atoms with Crippen molar-refractivity contribution in [1.82, 2.24) is 16.0 Å². The zero-order valence-corrected chi connectivity index (χ0v) is 13.7. The van der Waals surface area contributed by atoms with Gasteiger partial charge in [-0.05, 0) is 17.7 Å². The van der Waals surface area contributed by atoms with Gasteiger partial charge in [0.1, 0.15) is 5.76 Å². The maximum absolute atomic E-state index is 12.0. The third-order valence-electron chi connectivity index (χ3n) is 3.29. The number of methoxy groups -OCH3 is 1. The normalized spacial score (nSPS) is 11.2. The Labute approximate surface area is 144 Å². The summed E-state index contributed by atoms with van der Waals surface area (Å²) in [4.78, 5) is 35.5. The smallest absolute Gasteiger partial charge is 0.333 e. The minimum absolute atomic E-state index is 0.204. The van der Waals surface area contributed by atoms with Gasteiger partial charge in [0.05, 0.1) is 26.5 Å². The number of hydrogen-bond donors (Lipinski definition) is 3. The molecule has 1 atom stereocenters. The highest BCUT2D eigenvalue weighted by Gasteiger charge is 2.23. The molecule has 0 saturated heterocycles. The predicted octanol–water partition coefficient (Wildman–Crippen LogP) is 1.11. The van der Waals surface area contributed by atoms with E-state index in [4.69, 9.17) is 9.15 Å². The topological polar surface area (TPSA) is 110 Å². The average Bonchev–Trinajstić information content (AvgIpc) is 3.16. The highest BCUT2D eigenvalue weighted by Crippen LogP contribution is 2.13. The second-order valence-corrected chi connectivity index (χ2v) is 5.05. The fourth-order valence-electron chi connectivity index (χ4n) is 2.06. The van der Waals surface area contributed by atoms with E-state index in [1.54, 1.807) is 42.5 Å². The molecule has 0 fully saturated rings. The van der Waals surface area contributed by atoms with Crippen LogP contribution in [-0.4, -0.2) is 31.6 Å². The lowest BCUT2D eigenvalue weighted by Crippen LogP contribution is -2.44. The van der Waals surface area contributed by atoms with E-state index in [0.29, 0.717) is 11.3 Å². The number of carbonyl (C=O) groups is 3. The SMILES string of the molecule is COC(=O)C(NC(=O)CNC(=O)NCc1ccco1)c1ccccc1. The lowest BCUT2D eigenvalue weighted by molar-refractivity contribution is -0.145. The lowest BCUT2D eigenvalue weighted by atomic mass is 10.1. The molecular weight excluding hydrogens is 326 g/mol. The zero-order chi connectivity index (χ0) is 18.1. The summed E-state index contributed by atoms with van der Waals surface area (Å²) in [6.07, 6.45) is 1.50. The molecule has 8 nitrogen and oxygen atoms in total. The summed E-state index contributed by atoms with van der Waals surface area (Å²) in [7, 11) is 1.24. The van der Waals surface area contributed by atoms with Gasteiger partial charge in [0, 0.05) is 0 Å². The van der Waals surface area contributed by atoms with Crippen LogP contribution in [0.15, 0.2) is 53.1 Å². The van der Waals surface area contributed by atoms with Gasteiger partial charge in [-0.25, -0.2) is 9.59 Å². The van der Waals surface area contributed by atoms with Crippen LogP contribution in [0.5, 0.6) is 0 Å². The van der Waals surface area contributed by atoms with Gasteiger partial charge in [0.25, 0.3) is 0 Å². The highest BCUT2D eigenvalue weighted by atomic mass is 16.5. The first kappa shape index (κ1) is 18.1. The number of carbonyl (C=O) groups excluding carboxylic acids is 3. The number of amides is 3. The average molecular weight is 345 g/mol. The van der Waals surface area contributed by atoms with Crippen LogP contribution in [0.4, 0.5) is 4.79 Å². The molecular formula is C17H19N3O5. The van der Waals surface area contributed by atoms with Crippen LogP contribution in [0.1, 0.15) is 17.4 Å². The van der Waals surface area contributed by atoms with E-state index in [1.165, 1.54) is 13.4 Å². The Morgan fingerprint density at radius 2 is 1.84 bits per heavy atom. The maximum Gasteiger partial charge on any atom is 0.333 e. The van der Waals surface area contributed by atoms with E-state index in [-0.39, 0.29) is 13.1 Å². The molecule has 25 heavy (non-hydrogen) atoms. The zero-order valence-electron chi connectivity index (χ0n) is 13.7. The number of furan rings is 1. The maximum atomic E-state index is 12.0. The Balaban J connectivity index is 1.82.